The van der Waals surface area contributed by atoms with Gasteiger partial charge in [0.15, 0.2) is 22.5 Å². The highest BCUT2D eigenvalue weighted by atomic mass is 32.2. The number of amides is 2. The van der Waals surface area contributed by atoms with Crippen molar-refractivity contribution < 1.29 is 19.1 Å². The molecular formula is C24H33N5O4S. The summed E-state index contributed by atoms with van der Waals surface area (Å²) in [5.41, 5.74) is 0.440. The fourth-order valence-electron chi connectivity index (χ4n) is 4.02. The smallest absolute Gasteiger partial charge is 0.251 e. The van der Waals surface area contributed by atoms with Crippen LogP contribution in [0.1, 0.15) is 48.8 Å². The normalized spacial score (nSPS) is 17.6. The molecule has 34 heavy (non-hydrogen) atoms. The van der Waals surface area contributed by atoms with Gasteiger partial charge < -0.3 is 24.7 Å². The Morgan fingerprint density at radius 3 is 2.68 bits per heavy atom. The van der Waals surface area contributed by atoms with Crippen molar-refractivity contribution in [2.24, 2.45) is 5.92 Å². The molecule has 0 saturated heterocycles. The Balaban J connectivity index is 1.59. The molecule has 1 aliphatic rings. The summed E-state index contributed by atoms with van der Waals surface area (Å²) in [6.07, 6.45) is 6.32. The number of carbonyl (C=O) groups is 2. The van der Waals surface area contributed by atoms with Crippen LogP contribution in [0.15, 0.2) is 36.0 Å². The van der Waals surface area contributed by atoms with Crippen molar-refractivity contribution in [1.29, 1.82) is 0 Å². The maximum Gasteiger partial charge on any atom is 0.251 e. The standard InChI is InChI=1S/C24H33N5O4S/c1-5-12-29-21(14-25-23(31)17-10-11-19(32-3)20(13-17)33-4)27-28-24(29)34-15-22(30)26-18-9-7-6-8-16(18)2/h5,10-11,13,16,18H,1,6-9,12,14-15H2,2-4H3,(H,25,31)(H,26,30)/t16-,18+/m0/s1. The lowest BCUT2D eigenvalue weighted by atomic mass is 9.86. The fraction of sp³-hybridized carbons (Fsp3) is 0.500. The van der Waals surface area contributed by atoms with Gasteiger partial charge in [0, 0.05) is 18.2 Å². The van der Waals surface area contributed by atoms with E-state index in [1.165, 1.54) is 25.3 Å². The molecule has 1 aliphatic carbocycles. The summed E-state index contributed by atoms with van der Waals surface area (Å²) in [5, 5.41) is 15.1. The van der Waals surface area contributed by atoms with Gasteiger partial charge in [-0.25, -0.2) is 0 Å². The molecule has 3 rings (SSSR count). The number of hydrogen-bond acceptors (Lipinski definition) is 7. The molecule has 1 aromatic heterocycles. The van der Waals surface area contributed by atoms with Crippen LogP contribution in [0.3, 0.4) is 0 Å². The third-order valence-corrected chi connectivity index (χ3v) is 6.91. The Morgan fingerprint density at radius 2 is 1.97 bits per heavy atom. The highest BCUT2D eigenvalue weighted by Gasteiger charge is 2.23. The van der Waals surface area contributed by atoms with Crippen molar-refractivity contribution in [2.75, 3.05) is 20.0 Å². The van der Waals surface area contributed by atoms with E-state index in [1.54, 1.807) is 31.4 Å². The van der Waals surface area contributed by atoms with Crippen molar-refractivity contribution in [3.05, 3.63) is 42.2 Å². The van der Waals surface area contributed by atoms with E-state index in [9.17, 15) is 9.59 Å². The van der Waals surface area contributed by atoms with Crippen LogP contribution in [-0.4, -0.2) is 52.6 Å². The van der Waals surface area contributed by atoms with E-state index in [0.717, 1.165) is 19.3 Å². The zero-order chi connectivity index (χ0) is 24.5. The Kier molecular flexibility index (Phi) is 9.38. The number of ether oxygens (including phenoxy) is 2. The minimum Gasteiger partial charge on any atom is -0.493 e. The highest BCUT2D eigenvalue weighted by molar-refractivity contribution is 7.99. The van der Waals surface area contributed by atoms with E-state index in [0.29, 0.717) is 40.5 Å². The van der Waals surface area contributed by atoms with Gasteiger partial charge in [0.25, 0.3) is 5.91 Å². The average Bonchev–Trinajstić information content (AvgIpc) is 3.23. The number of allylic oxidation sites excluding steroid dienone is 1. The summed E-state index contributed by atoms with van der Waals surface area (Å²) in [4.78, 5) is 25.1. The predicted octanol–water partition coefficient (Wildman–Crippen LogP) is 3.20. The minimum atomic E-state index is -0.274. The third-order valence-electron chi connectivity index (χ3n) is 5.95. The number of benzene rings is 1. The first-order chi connectivity index (χ1) is 16.5. The maximum atomic E-state index is 12.6. The van der Waals surface area contributed by atoms with Crippen LogP contribution in [0.5, 0.6) is 11.5 Å². The summed E-state index contributed by atoms with van der Waals surface area (Å²) < 4.78 is 12.3. The Labute approximate surface area is 204 Å². The number of nitrogens with zero attached hydrogens (tertiary/aromatic N) is 3. The second-order valence-corrected chi connectivity index (χ2v) is 9.22. The Hall–Kier alpha value is -3.01. The van der Waals surface area contributed by atoms with E-state index in [4.69, 9.17) is 9.47 Å². The Bertz CT molecular complexity index is 1010. The number of aromatic nitrogens is 3. The second-order valence-electron chi connectivity index (χ2n) is 8.27. The molecule has 0 spiro atoms. The lowest BCUT2D eigenvalue weighted by Gasteiger charge is -2.29. The molecule has 184 valence electrons. The van der Waals surface area contributed by atoms with Crippen LogP contribution < -0.4 is 20.1 Å². The number of methoxy groups -OCH3 is 2. The van der Waals surface area contributed by atoms with Gasteiger partial charge in [-0.15, -0.1) is 16.8 Å². The first-order valence-electron chi connectivity index (χ1n) is 11.4. The number of carbonyl (C=O) groups excluding carboxylic acids is 2. The molecule has 0 aliphatic heterocycles. The molecule has 2 atom stereocenters. The molecule has 2 aromatic rings. The van der Waals surface area contributed by atoms with E-state index in [2.05, 4.69) is 34.3 Å². The van der Waals surface area contributed by atoms with Crippen molar-refractivity contribution in [3.63, 3.8) is 0 Å². The quantitative estimate of drug-likeness (QED) is 0.370. The summed E-state index contributed by atoms with van der Waals surface area (Å²) in [7, 11) is 3.06. The van der Waals surface area contributed by atoms with Gasteiger partial charge in [-0.3, -0.25) is 9.59 Å². The highest BCUT2D eigenvalue weighted by Crippen LogP contribution is 2.27. The van der Waals surface area contributed by atoms with Crippen molar-refractivity contribution in [3.8, 4) is 11.5 Å². The van der Waals surface area contributed by atoms with Gasteiger partial charge in [0.1, 0.15) is 0 Å². The summed E-state index contributed by atoms with van der Waals surface area (Å²) in [6.45, 7) is 6.65. The molecule has 10 heteroatoms. The van der Waals surface area contributed by atoms with Crippen LogP contribution in [0, 0.1) is 5.92 Å². The van der Waals surface area contributed by atoms with Gasteiger partial charge in [-0.2, -0.15) is 0 Å². The average molecular weight is 488 g/mol. The monoisotopic (exact) mass is 487 g/mol. The number of hydrogen-bond donors (Lipinski definition) is 2. The third kappa shape index (κ3) is 6.53. The first-order valence-corrected chi connectivity index (χ1v) is 12.4. The second kappa shape index (κ2) is 12.5. The minimum absolute atomic E-state index is 0.000193. The molecule has 0 radical (unpaired) electrons. The number of nitrogens with one attached hydrogen (secondary N) is 2. The number of rotatable bonds is 11. The van der Waals surface area contributed by atoms with Gasteiger partial charge in [0.05, 0.1) is 26.5 Å². The van der Waals surface area contributed by atoms with Crippen molar-refractivity contribution in [1.82, 2.24) is 25.4 Å². The SMILES string of the molecule is C=CCn1c(CNC(=O)c2ccc(OC)c(OC)c2)nnc1SCC(=O)N[C@@H]1CCCC[C@@H]1C. The maximum absolute atomic E-state index is 12.6. The summed E-state index contributed by atoms with van der Waals surface area (Å²) in [6, 6.07) is 5.21. The zero-order valence-corrected chi connectivity index (χ0v) is 20.8. The van der Waals surface area contributed by atoms with Gasteiger partial charge in [0.2, 0.25) is 5.91 Å². The largest absolute Gasteiger partial charge is 0.493 e. The summed E-state index contributed by atoms with van der Waals surface area (Å²) in [5.74, 6) is 2.10. The summed E-state index contributed by atoms with van der Waals surface area (Å²) >= 11 is 1.33. The molecular weight excluding hydrogens is 454 g/mol. The molecule has 2 N–H and O–H groups in total. The van der Waals surface area contributed by atoms with Gasteiger partial charge in [-0.05, 0) is 37.0 Å². The number of thioether (sulfide) groups is 1. The molecule has 0 unspecified atom stereocenters. The van der Waals surface area contributed by atoms with E-state index < -0.39 is 0 Å². The lowest BCUT2D eigenvalue weighted by molar-refractivity contribution is -0.119. The zero-order valence-electron chi connectivity index (χ0n) is 20.0. The van der Waals surface area contributed by atoms with Crippen molar-refractivity contribution in [2.45, 2.75) is 56.9 Å². The van der Waals surface area contributed by atoms with Crippen LogP contribution in [0.4, 0.5) is 0 Å². The van der Waals surface area contributed by atoms with Gasteiger partial charge in [-0.1, -0.05) is 37.6 Å². The van der Waals surface area contributed by atoms with E-state index >= 15 is 0 Å². The molecule has 2 amide bonds. The first kappa shape index (κ1) is 25.6. The van der Waals surface area contributed by atoms with E-state index in [-0.39, 0.29) is 30.2 Å². The topological polar surface area (TPSA) is 107 Å². The predicted molar refractivity (Wildman–Crippen MR) is 131 cm³/mol. The van der Waals surface area contributed by atoms with Crippen LogP contribution in [0.25, 0.3) is 0 Å². The molecule has 1 heterocycles. The van der Waals surface area contributed by atoms with Crippen LogP contribution in [-0.2, 0) is 17.9 Å². The lowest BCUT2D eigenvalue weighted by Crippen LogP contribution is -2.41. The molecule has 0 bridgehead atoms. The van der Waals surface area contributed by atoms with Crippen LogP contribution >= 0.6 is 11.8 Å². The molecule has 1 aromatic carbocycles. The Morgan fingerprint density at radius 1 is 1.21 bits per heavy atom. The fourth-order valence-corrected chi connectivity index (χ4v) is 4.79. The van der Waals surface area contributed by atoms with E-state index in [1.807, 2.05) is 4.57 Å². The molecule has 1 saturated carbocycles. The van der Waals surface area contributed by atoms with Crippen LogP contribution in [0.2, 0.25) is 0 Å². The molecule has 9 nitrogen and oxygen atoms in total. The molecule has 1 fully saturated rings. The van der Waals surface area contributed by atoms with Crippen molar-refractivity contribution >= 4 is 23.6 Å². The van der Waals surface area contributed by atoms with Gasteiger partial charge >= 0.3 is 0 Å².